The monoisotopic (exact) mass is 382 g/mol. The van der Waals surface area contributed by atoms with Crippen molar-refractivity contribution in [1.82, 2.24) is 19.8 Å². The predicted molar refractivity (Wildman–Crippen MR) is 105 cm³/mol. The van der Waals surface area contributed by atoms with E-state index in [1.165, 1.54) is 12.1 Å². The SMILES string of the molecule is CC(C)c1nnc2ccc(N3CCC[C@H](C(=O)Nc4ccc(F)cc4)C3)nn12. The lowest BCUT2D eigenvalue weighted by atomic mass is 9.97. The molecule has 0 aliphatic carbocycles. The average Bonchev–Trinajstić information content (AvgIpc) is 3.13. The van der Waals surface area contributed by atoms with Crippen molar-refractivity contribution in [3.63, 3.8) is 0 Å². The smallest absolute Gasteiger partial charge is 0.229 e. The van der Waals surface area contributed by atoms with Crippen LogP contribution in [0.1, 0.15) is 38.4 Å². The second-order valence-corrected chi connectivity index (χ2v) is 7.46. The van der Waals surface area contributed by atoms with Crippen LogP contribution in [0.4, 0.5) is 15.9 Å². The second-order valence-electron chi connectivity index (χ2n) is 7.46. The molecule has 1 aliphatic rings. The molecule has 8 heteroatoms. The summed E-state index contributed by atoms with van der Waals surface area (Å²) in [5.41, 5.74) is 1.32. The van der Waals surface area contributed by atoms with Crippen LogP contribution in [0.2, 0.25) is 0 Å². The molecule has 1 N–H and O–H groups in total. The molecule has 3 heterocycles. The summed E-state index contributed by atoms with van der Waals surface area (Å²) in [7, 11) is 0. The van der Waals surface area contributed by atoms with Crippen molar-refractivity contribution in [2.24, 2.45) is 5.92 Å². The third kappa shape index (κ3) is 3.67. The molecule has 0 radical (unpaired) electrons. The number of hydrogen-bond donors (Lipinski definition) is 1. The number of amides is 1. The van der Waals surface area contributed by atoms with Gasteiger partial charge in [0.15, 0.2) is 11.5 Å². The number of nitrogens with zero attached hydrogens (tertiary/aromatic N) is 5. The lowest BCUT2D eigenvalue weighted by Gasteiger charge is -2.32. The van der Waals surface area contributed by atoms with Crippen LogP contribution in [0.25, 0.3) is 5.65 Å². The Labute approximate surface area is 162 Å². The summed E-state index contributed by atoms with van der Waals surface area (Å²) in [5, 5.41) is 16.0. The normalized spacial score (nSPS) is 17.3. The van der Waals surface area contributed by atoms with E-state index in [-0.39, 0.29) is 23.6 Å². The Hall–Kier alpha value is -3.03. The zero-order valence-electron chi connectivity index (χ0n) is 16.0. The molecule has 0 spiro atoms. The van der Waals surface area contributed by atoms with Crippen molar-refractivity contribution < 1.29 is 9.18 Å². The van der Waals surface area contributed by atoms with Crippen LogP contribution in [0, 0.1) is 11.7 Å². The number of piperidine rings is 1. The quantitative estimate of drug-likeness (QED) is 0.750. The summed E-state index contributed by atoms with van der Waals surface area (Å²) >= 11 is 0. The Morgan fingerprint density at radius 3 is 2.71 bits per heavy atom. The van der Waals surface area contributed by atoms with Crippen LogP contribution in [0.5, 0.6) is 0 Å². The van der Waals surface area contributed by atoms with Crippen LogP contribution in [-0.4, -0.2) is 38.8 Å². The Morgan fingerprint density at radius 1 is 1.18 bits per heavy atom. The van der Waals surface area contributed by atoms with Crippen LogP contribution >= 0.6 is 0 Å². The molecule has 1 aliphatic heterocycles. The second kappa shape index (κ2) is 7.53. The number of anilines is 2. The van der Waals surface area contributed by atoms with Gasteiger partial charge in [0.25, 0.3) is 0 Å². The number of aromatic nitrogens is 4. The molecule has 28 heavy (non-hydrogen) atoms. The van der Waals surface area contributed by atoms with Gasteiger partial charge < -0.3 is 10.2 Å². The van der Waals surface area contributed by atoms with Gasteiger partial charge in [-0.2, -0.15) is 4.52 Å². The maximum atomic E-state index is 13.0. The average molecular weight is 382 g/mol. The zero-order chi connectivity index (χ0) is 19.7. The molecule has 1 saturated heterocycles. The summed E-state index contributed by atoms with van der Waals surface area (Å²) in [5.74, 6) is 1.32. The molecule has 3 aromatic rings. The predicted octanol–water partition coefficient (Wildman–Crippen LogP) is 3.24. The third-order valence-electron chi connectivity index (χ3n) is 5.02. The van der Waals surface area contributed by atoms with E-state index < -0.39 is 0 Å². The van der Waals surface area contributed by atoms with Crippen LogP contribution in [-0.2, 0) is 4.79 Å². The Balaban J connectivity index is 1.50. The fourth-order valence-corrected chi connectivity index (χ4v) is 3.50. The standard InChI is InChI=1S/C20H23FN6O/c1-13(2)19-24-23-17-9-10-18(25-27(17)19)26-11-3-4-14(12-26)20(28)22-16-7-5-15(21)6-8-16/h5-10,13-14H,3-4,11-12H2,1-2H3,(H,22,28)/t14-/m0/s1. The Kier molecular flexibility index (Phi) is 4.93. The summed E-state index contributed by atoms with van der Waals surface area (Å²) in [4.78, 5) is 14.8. The molecule has 4 rings (SSSR count). The molecule has 1 aromatic carbocycles. The highest BCUT2D eigenvalue weighted by atomic mass is 19.1. The number of nitrogens with one attached hydrogen (secondary N) is 1. The van der Waals surface area contributed by atoms with E-state index in [9.17, 15) is 9.18 Å². The van der Waals surface area contributed by atoms with Gasteiger partial charge in [-0.3, -0.25) is 4.79 Å². The first-order chi connectivity index (χ1) is 13.5. The van der Waals surface area contributed by atoms with Crippen LogP contribution < -0.4 is 10.2 Å². The topological polar surface area (TPSA) is 75.4 Å². The van der Waals surface area contributed by atoms with Gasteiger partial charge in [-0.25, -0.2) is 4.39 Å². The largest absolute Gasteiger partial charge is 0.354 e. The van der Waals surface area contributed by atoms with E-state index in [1.807, 2.05) is 12.1 Å². The van der Waals surface area contributed by atoms with Gasteiger partial charge >= 0.3 is 0 Å². The molecule has 0 unspecified atom stereocenters. The Morgan fingerprint density at radius 2 is 1.96 bits per heavy atom. The number of carbonyl (C=O) groups is 1. The molecule has 1 atom stereocenters. The summed E-state index contributed by atoms with van der Waals surface area (Å²) in [6.45, 7) is 5.55. The minimum atomic E-state index is -0.321. The lowest BCUT2D eigenvalue weighted by Crippen LogP contribution is -2.41. The number of hydrogen-bond acceptors (Lipinski definition) is 5. The third-order valence-corrected chi connectivity index (χ3v) is 5.02. The van der Waals surface area contributed by atoms with E-state index in [4.69, 9.17) is 5.10 Å². The Bertz CT molecular complexity index is 984. The molecular formula is C20H23FN6O. The van der Waals surface area contributed by atoms with Crippen molar-refractivity contribution in [3.05, 3.63) is 48.0 Å². The van der Waals surface area contributed by atoms with Crippen molar-refractivity contribution in [3.8, 4) is 0 Å². The van der Waals surface area contributed by atoms with E-state index in [1.54, 1.807) is 16.6 Å². The van der Waals surface area contributed by atoms with Gasteiger partial charge in [-0.1, -0.05) is 13.8 Å². The molecule has 2 aromatic heterocycles. The molecule has 1 fully saturated rings. The van der Waals surface area contributed by atoms with Gasteiger partial charge in [0, 0.05) is 24.7 Å². The molecule has 1 amide bonds. The van der Waals surface area contributed by atoms with E-state index in [2.05, 4.69) is 34.3 Å². The number of carbonyl (C=O) groups excluding carboxylic acids is 1. The van der Waals surface area contributed by atoms with E-state index in [0.29, 0.717) is 12.2 Å². The fourth-order valence-electron chi connectivity index (χ4n) is 3.50. The number of rotatable bonds is 4. The molecule has 0 bridgehead atoms. The lowest BCUT2D eigenvalue weighted by molar-refractivity contribution is -0.120. The maximum Gasteiger partial charge on any atom is 0.229 e. The molecular weight excluding hydrogens is 359 g/mol. The van der Waals surface area contributed by atoms with E-state index in [0.717, 1.165) is 36.7 Å². The number of fused-ring (bicyclic) bond motifs is 1. The van der Waals surface area contributed by atoms with E-state index >= 15 is 0 Å². The number of halogens is 1. The first-order valence-electron chi connectivity index (χ1n) is 9.55. The van der Waals surface area contributed by atoms with Crippen molar-refractivity contribution >= 4 is 23.1 Å². The first kappa shape index (κ1) is 18.3. The minimum Gasteiger partial charge on any atom is -0.354 e. The first-order valence-corrected chi connectivity index (χ1v) is 9.55. The van der Waals surface area contributed by atoms with Crippen molar-refractivity contribution in [1.29, 1.82) is 0 Å². The summed E-state index contributed by atoms with van der Waals surface area (Å²) in [6, 6.07) is 9.66. The van der Waals surface area contributed by atoms with Gasteiger partial charge in [0.1, 0.15) is 11.6 Å². The summed E-state index contributed by atoms with van der Waals surface area (Å²) in [6.07, 6.45) is 1.72. The van der Waals surface area contributed by atoms with Crippen molar-refractivity contribution in [2.75, 3.05) is 23.3 Å². The minimum absolute atomic E-state index is 0.0513. The molecule has 0 saturated carbocycles. The zero-order valence-corrected chi connectivity index (χ0v) is 16.0. The van der Waals surface area contributed by atoms with Crippen LogP contribution in [0.15, 0.2) is 36.4 Å². The highest BCUT2D eigenvalue weighted by Crippen LogP contribution is 2.24. The van der Waals surface area contributed by atoms with Crippen LogP contribution in [0.3, 0.4) is 0 Å². The molecule has 7 nitrogen and oxygen atoms in total. The highest BCUT2D eigenvalue weighted by Gasteiger charge is 2.27. The number of benzene rings is 1. The molecule has 146 valence electrons. The maximum absolute atomic E-state index is 13.0. The van der Waals surface area contributed by atoms with Gasteiger partial charge in [-0.15, -0.1) is 15.3 Å². The van der Waals surface area contributed by atoms with Gasteiger partial charge in [0.2, 0.25) is 5.91 Å². The van der Waals surface area contributed by atoms with Crippen molar-refractivity contribution in [2.45, 2.75) is 32.6 Å². The summed E-state index contributed by atoms with van der Waals surface area (Å²) < 4.78 is 14.8. The highest BCUT2D eigenvalue weighted by molar-refractivity contribution is 5.93. The fraction of sp³-hybridized carbons (Fsp3) is 0.400. The van der Waals surface area contributed by atoms with Gasteiger partial charge in [0.05, 0.1) is 5.92 Å². The van der Waals surface area contributed by atoms with Gasteiger partial charge in [-0.05, 0) is 49.2 Å².